The van der Waals surface area contributed by atoms with Crippen LogP contribution in [-0.2, 0) is 9.53 Å². The Kier molecular flexibility index (Phi) is 8.22. The van der Waals surface area contributed by atoms with Crippen LogP contribution in [0.5, 0.6) is 0 Å². The number of carbonyl (C=O) groups is 1. The normalized spacial score (nSPS) is 19.4. The number of rotatable bonds is 8. The SMILES string of the molecule is C[C@H](Nc1nc(N2CCOCC2)cc(-n2c(C(F)F)nc3ccccc32)n1)C(=O)N(C)CC1CCCN(C)C1. The number of likely N-dealkylation sites (tertiary alicyclic amines) is 1. The molecule has 0 aliphatic carbocycles. The zero-order valence-corrected chi connectivity index (χ0v) is 22.7. The monoisotopic (exact) mass is 542 g/mol. The van der Waals surface area contributed by atoms with Crippen LogP contribution in [0.2, 0.25) is 0 Å². The lowest BCUT2D eigenvalue weighted by molar-refractivity contribution is -0.131. The minimum atomic E-state index is -2.80. The fraction of sp³-hybridized carbons (Fsp3) is 0.556. The van der Waals surface area contributed by atoms with Crippen molar-refractivity contribution in [1.29, 1.82) is 0 Å². The van der Waals surface area contributed by atoms with Crippen molar-refractivity contribution in [2.24, 2.45) is 5.92 Å². The van der Waals surface area contributed by atoms with Gasteiger partial charge in [-0.2, -0.15) is 9.97 Å². The molecule has 3 aromatic rings. The quantitative estimate of drug-likeness (QED) is 0.464. The lowest BCUT2D eigenvalue weighted by Gasteiger charge is -2.33. The van der Waals surface area contributed by atoms with Crippen molar-refractivity contribution in [3.63, 3.8) is 0 Å². The van der Waals surface area contributed by atoms with Gasteiger partial charge in [0.15, 0.2) is 5.82 Å². The number of benzene rings is 1. The number of nitrogens with zero attached hydrogens (tertiary/aromatic N) is 7. The molecule has 210 valence electrons. The predicted molar refractivity (Wildman–Crippen MR) is 146 cm³/mol. The molecule has 2 atom stereocenters. The molecule has 1 unspecified atom stereocenters. The minimum absolute atomic E-state index is 0.0773. The van der Waals surface area contributed by atoms with E-state index in [1.807, 2.05) is 11.9 Å². The molecule has 0 spiro atoms. The second kappa shape index (κ2) is 11.8. The van der Waals surface area contributed by atoms with Gasteiger partial charge in [-0.25, -0.2) is 13.8 Å². The number of anilines is 2. The predicted octanol–water partition coefficient (Wildman–Crippen LogP) is 3.19. The molecule has 2 aliphatic rings. The lowest BCUT2D eigenvalue weighted by Crippen LogP contribution is -2.44. The van der Waals surface area contributed by atoms with Crippen LogP contribution in [0.1, 0.15) is 32.0 Å². The number of likely N-dealkylation sites (N-methyl/N-ethyl adjacent to an activating group) is 1. The van der Waals surface area contributed by atoms with Crippen molar-refractivity contribution >= 4 is 28.7 Å². The molecule has 0 radical (unpaired) electrons. The van der Waals surface area contributed by atoms with Gasteiger partial charge in [0.05, 0.1) is 24.2 Å². The summed E-state index contributed by atoms with van der Waals surface area (Å²) in [6.45, 7) is 6.79. The summed E-state index contributed by atoms with van der Waals surface area (Å²) in [5, 5.41) is 3.14. The van der Waals surface area contributed by atoms with E-state index in [0.29, 0.717) is 55.6 Å². The summed E-state index contributed by atoms with van der Waals surface area (Å²) >= 11 is 0. The Bertz CT molecular complexity index is 1300. The largest absolute Gasteiger partial charge is 0.378 e. The molecule has 2 fully saturated rings. The Morgan fingerprint density at radius 3 is 2.64 bits per heavy atom. The van der Waals surface area contributed by atoms with Crippen molar-refractivity contribution in [3.05, 3.63) is 36.2 Å². The maximum absolute atomic E-state index is 14.1. The summed E-state index contributed by atoms with van der Waals surface area (Å²) in [6.07, 6.45) is -0.571. The van der Waals surface area contributed by atoms with Crippen molar-refractivity contribution in [2.75, 3.05) is 70.2 Å². The smallest absolute Gasteiger partial charge is 0.296 e. The Hall–Kier alpha value is -3.38. The fourth-order valence-electron chi connectivity index (χ4n) is 5.47. The maximum atomic E-state index is 14.1. The molecule has 5 rings (SSSR count). The number of amides is 1. The summed E-state index contributed by atoms with van der Waals surface area (Å²) in [6, 6.07) is 8.05. The van der Waals surface area contributed by atoms with Crippen molar-refractivity contribution < 1.29 is 18.3 Å². The van der Waals surface area contributed by atoms with E-state index in [0.717, 1.165) is 25.9 Å². The molecule has 12 heteroatoms. The average molecular weight is 543 g/mol. The minimum Gasteiger partial charge on any atom is -0.378 e. The second-order valence-electron chi connectivity index (χ2n) is 10.5. The third kappa shape index (κ3) is 6.11. The molecular weight excluding hydrogens is 506 g/mol. The molecule has 0 saturated carbocycles. The van der Waals surface area contributed by atoms with Crippen LogP contribution in [0.3, 0.4) is 0 Å². The summed E-state index contributed by atoms with van der Waals surface area (Å²) in [5.74, 6) is 0.984. The van der Waals surface area contributed by atoms with Gasteiger partial charge in [0.2, 0.25) is 11.9 Å². The van der Waals surface area contributed by atoms with E-state index < -0.39 is 18.3 Å². The number of hydrogen-bond donors (Lipinski definition) is 1. The number of carbonyl (C=O) groups excluding carboxylic acids is 1. The van der Waals surface area contributed by atoms with Crippen LogP contribution >= 0.6 is 0 Å². The van der Waals surface area contributed by atoms with E-state index in [1.165, 1.54) is 4.57 Å². The Morgan fingerprint density at radius 1 is 1.15 bits per heavy atom. The van der Waals surface area contributed by atoms with Gasteiger partial charge in [0, 0.05) is 39.3 Å². The Balaban J connectivity index is 1.44. The number of para-hydroxylation sites is 2. The first-order valence-corrected chi connectivity index (χ1v) is 13.5. The standard InChI is InChI=1S/C27H36F2N8O2/c1-18(26(38)35(3)17-19-7-6-10-34(2)16-19)30-27-32-22(36-11-13-39-14-12-36)15-23(33-27)37-21-9-5-4-8-20(21)31-25(37)24(28)29/h4-5,8-9,15,18-19,24H,6-7,10-14,16-17H2,1-3H3,(H,30,32,33)/t18-,19?/m0/s1. The fourth-order valence-corrected chi connectivity index (χ4v) is 5.47. The average Bonchev–Trinajstić information content (AvgIpc) is 3.33. The molecule has 2 aliphatic heterocycles. The number of imidazole rings is 1. The van der Waals surface area contributed by atoms with Gasteiger partial charge in [-0.05, 0) is 51.4 Å². The van der Waals surface area contributed by atoms with Crippen LogP contribution in [0.4, 0.5) is 20.5 Å². The van der Waals surface area contributed by atoms with E-state index in [4.69, 9.17) is 4.74 Å². The highest BCUT2D eigenvalue weighted by Crippen LogP contribution is 2.29. The molecule has 1 amide bonds. The number of piperidine rings is 1. The number of alkyl halides is 2. The highest BCUT2D eigenvalue weighted by Gasteiger charge is 2.26. The third-order valence-corrected chi connectivity index (χ3v) is 7.39. The van der Waals surface area contributed by atoms with E-state index in [1.54, 1.807) is 42.2 Å². The molecule has 1 aromatic carbocycles. The molecule has 1 N–H and O–H groups in total. The van der Waals surface area contributed by atoms with Crippen molar-refractivity contribution in [2.45, 2.75) is 32.2 Å². The highest BCUT2D eigenvalue weighted by molar-refractivity contribution is 5.84. The summed E-state index contributed by atoms with van der Waals surface area (Å²) in [7, 11) is 3.93. The van der Waals surface area contributed by atoms with Gasteiger partial charge in [-0.15, -0.1) is 0 Å². The molecular formula is C27H36F2N8O2. The Labute approximate surface area is 227 Å². The van der Waals surface area contributed by atoms with Gasteiger partial charge in [0.1, 0.15) is 17.7 Å². The molecule has 4 heterocycles. The van der Waals surface area contributed by atoms with Crippen molar-refractivity contribution in [1.82, 2.24) is 29.3 Å². The van der Waals surface area contributed by atoms with E-state index in [9.17, 15) is 13.6 Å². The van der Waals surface area contributed by atoms with Crippen molar-refractivity contribution in [3.8, 4) is 5.82 Å². The van der Waals surface area contributed by atoms with Crippen LogP contribution < -0.4 is 10.2 Å². The third-order valence-electron chi connectivity index (χ3n) is 7.39. The van der Waals surface area contributed by atoms with Crippen LogP contribution in [0.15, 0.2) is 30.3 Å². The van der Waals surface area contributed by atoms with Crippen LogP contribution in [-0.4, -0.2) is 101 Å². The molecule has 2 aromatic heterocycles. The molecule has 39 heavy (non-hydrogen) atoms. The number of halogens is 2. The molecule has 2 saturated heterocycles. The maximum Gasteiger partial charge on any atom is 0.296 e. The van der Waals surface area contributed by atoms with E-state index >= 15 is 0 Å². The van der Waals surface area contributed by atoms with Gasteiger partial charge in [0.25, 0.3) is 6.43 Å². The molecule has 0 bridgehead atoms. The summed E-state index contributed by atoms with van der Waals surface area (Å²) in [5.41, 5.74) is 0.971. The number of fused-ring (bicyclic) bond motifs is 1. The zero-order chi connectivity index (χ0) is 27.5. The number of morpholine rings is 1. The van der Waals surface area contributed by atoms with Crippen LogP contribution in [0.25, 0.3) is 16.9 Å². The van der Waals surface area contributed by atoms with Gasteiger partial charge >= 0.3 is 0 Å². The zero-order valence-electron chi connectivity index (χ0n) is 22.7. The lowest BCUT2D eigenvalue weighted by atomic mass is 9.98. The summed E-state index contributed by atoms with van der Waals surface area (Å²) < 4.78 is 35.1. The van der Waals surface area contributed by atoms with Crippen LogP contribution in [0, 0.1) is 5.92 Å². The van der Waals surface area contributed by atoms with Gasteiger partial charge < -0.3 is 24.8 Å². The van der Waals surface area contributed by atoms with E-state index in [-0.39, 0.29) is 17.7 Å². The second-order valence-corrected chi connectivity index (χ2v) is 10.5. The van der Waals surface area contributed by atoms with Gasteiger partial charge in [-0.3, -0.25) is 9.36 Å². The number of aromatic nitrogens is 4. The number of nitrogens with one attached hydrogen (secondary N) is 1. The van der Waals surface area contributed by atoms with E-state index in [2.05, 4.69) is 32.2 Å². The number of ether oxygens (including phenoxy) is 1. The molecule has 10 nitrogen and oxygen atoms in total. The highest BCUT2D eigenvalue weighted by atomic mass is 19.3. The summed E-state index contributed by atoms with van der Waals surface area (Å²) in [4.78, 5) is 32.8. The first-order valence-electron chi connectivity index (χ1n) is 13.5. The first-order chi connectivity index (χ1) is 18.8. The van der Waals surface area contributed by atoms with Gasteiger partial charge in [-0.1, -0.05) is 12.1 Å². The number of hydrogen-bond acceptors (Lipinski definition) is 8. The first kappa shape index (κ1) is 27.2. The topological polar surface area (TPSA) is 91.6 Å². The Morgan fingerprint density at radius 2 is 1.90 bits per heavy atom.